The molecule has 1 amide bonds. The lowest BCUT2D eigenvalue weighted by molar-refractivity contribution is -0.111. The topological polar surface area (TPSA) is 42.0 Å². The summed E-state index contributed by atoms with van der Waals surface area (Å²) in [4.78, 5) is 16.9. The van der Waals surface area contributed by atoms with E-state index in [4.69, 9.17) is 23.2 Å². The first-order chi connectivity index (χ1) is 12.0. The summed E-state index contributed by atoms with van der Waals surface area (Å²) in [6, 6.07) is 12.9. The van der Waals surface area contributed by atoms with Gasteiger partial charge in [0.05, 0.1) is 11.2 Å². The summed E-state index contributed by atoms with van der Waals surface area (Å²) in [5, 5.41) is 5.02. The molecule has 0 aliphatic heterocycles. The van der Waals surface area contributed by atoms with Crippen molar-refractivity contribution in [3.05, 3.63) is 75.4 Å². The third-order valence-corrected chi connectivity index (χ3v) is 4.63. The molecule has 2 aromatic carbocycles. The van der Waals surface area contributed by atoms with Crippen LogP contribution < -0.4 is 5.32 Å². The largest absolute Gasteiger partial charge is 0.322 e. The normalized spacial score (nSPS) is 11.2. The third kappa shape index (κ3) is 3.84. The Kier molecular flexibility index (Phi) is 5.07. The van der Waals surface area contributed by atoms with Crippen LogP contribution in [0.25, 0.3) is 17.0 Å². The van der Waals surface area contributed by atoms with E-state index in [2.05, 4.69) is 10.3 Å². The maximum absolute atomic E-state index is 12.3. The van der Waals surface area contributed by atoms with Crippen LogP contribution in [0.1, 0.15) is 16.8 Å². The molecule has 0 fully saturated rings. The molecule has 1 aromatic heterocycles. The number of carbonyl (C=O) groups is 1. The fraction of sp³-hybridized carbons (Fsp3) is 0.100. The van der Waals surface area contributed by atoms with Gasteiger partial charge in [0.15, 0.2) is 0 Å². The van der Waals surface area contributed by atoms with Gasteiger partial charge in [0.1, 0.15) is 0 Å². The van der Waals surface area contributed by atoms with Crippen LogP contribution in [0.5, 0.6) is 0 Å². The van der Waals surface area contributed by atoms with E-state index < -0.39 is 0 Å². The monoisotopic (exact) mass is 370 g/mol. The molecule has 25 heavy (non-hydrogen) atoms. The van der Waals surface area contributed by atoms with E-state index in [9.17, 15) is 4.79 Å². The van der Waals surface area contributed by atoms with Crippen molar-refractivity contribution in [3.8, 4) is 0 Å². The van der Waals surface area contributed by atoms with Crippen molar-refractivity contribution in [1.82, 2.24) is 4.98 Å². The van der Waals surface area contributed by atoms with Crippen LogP contribution in [-0.4, -0.2) is 10.9 Å². The van der Waals surface area contributed by atoms with Gasteiger partial charge in [0, 0.05) is 27.2 Å². The van der Waals surface area contributed by atoms with Crippen LogP contribution in [0, 0.1) is 13.8 Å². The van der Waals surface area contributed by atoms with Crippen molar-refractivity contribution >= 4 is 51.8 Å². The Morgan fingerprint density at radius 3 is 2.60 bits per heavy atom. The standard InChI is InChI=1S/C20H16Cl2N2O/c1-12-11-18(15-8-9-16(21)13(2)20(15)23-12)24-19(25)10-7-14-5-3-4-6-17(14)22/h3-11H,1-2H3,(H,23,24,25)/b10-7+. The lowest BCUT2D eigenvalue weighted by atomic mass is 10.1. The van der Waals surface area contributed by atoms with Gasteiger partial charge in [-0.25, -0.2) is 0 Å². The van der Waals surface area contributed by atoms with Crippen LogP contribution in [-0.2, 0) is 4.79 Å². The number of carbonyl (C=O) groups excluding carboxylic acids is 1. The maximum atomic E-state index is 12.3. The van der Waals surface area contributed by atoms with Gasteiger partial charge in [-0.2, -0.15) is 0 Å². The molecule has 0 unspecified atom stereocenters. The second-order valence-electron chi connectivity index (χ2n) is 5.72. The highest BCUT2D eigenvalue weighted by Crippen LogP contribution is 2.29. The summed E-state index contributed by atoms with van der Waals surface area (Å²) in [7, 11) is 0. The van der Waals surface area contributed by atoms with Crippen LogP contribution in [0.2, 0.25) is 10.0 Å². The Hall–Kier alpha value is -2.36. The second-order valence-corrected chi connectivity index (χ2v) is 6.54. The Bertz CT molecular complexity index is 996. The highest BCUT2D eigenvalue weighted by atomic mass is 35.5. The lowest BCUT2D eigenvalue weighted by Gasteiger charge is -2.11. The SMILES string of the molecule is Cc1cc(NC(=O)/C=C/c2ccccc2Cl)c2ccc(Cl)c(C)c2n1. The predicted molar refractivity (Wildman–Crippen MR) is 105 cm³/mol. The molecule has 0 spiro atoms. The molecule has 3 aromatic rings. The highest BCUT2D eigenvalue weighted by molar-refractivity contribution is 6.32. The molecule has 1 N–H and O–H groups in total. The Morgan fingerprint density at radius 2 is 1.84 bits per heavy atom. The smallest absolute Gasteiger partial charge is 0.248 e. The zero-order chi connectivity index (χ0) is 18.0. The Labute approximate surface area is 156 Å². The van der Waals surface area contributed by atoms with Gasteiger partial charge < -0.3 is 5.32 Å². The van der Waals surface area contributed by atoms with Crippen LogP contribution in [0.15, 0.2) is 48.5 Å². The van der Waals surface area contributed by atoms with Crippen LogP contribution in [0.4, 0.5) is 5.69 Å². The summed E-state index contributed by atoms with van der Waals surface area (Å²) < 4.78 is 0. The maximum Gasteiger partial charge on any atom is 0.248 e. The van der Waals surface area contributed by atoms with E-state index in [1.807, 2.05) is 50.2 Å². The molecule has 1 heterocycles. The van der Waals surface area contributed by atoms with E-state index in [1.165, 1.54) is 6.08 Å². The van der Waals surface area contributed by atoms with Gasteiger partial charge in [-0.3, -0.25) is 9.78 Å². The number of hydrogen-bond acceptors (Lipinski definition) is 2. The molecule has 0 radical (unpaired) electrons. The number of halogens is 2. The minimum Gasteiger partial charge on any atom is -0.322 e. The molecule has 0 bridgehead atoms. The number of nitrogens with zero attached hydrogens (tertiary/aromatic N) is 1. The number of anilines is 1. The number of pyridine rings is 1. The third-order valence-electron chi connectivity index (χ3n) is 3.87. The number of amides is 1. The van der Waals surface area contributed by atoms with Crippen LogP contribution >= 0.6 is 23.2 Å². The van der Waals surface area contributed by atoms with Crippen molar-refractivity contribution < 1.29 is 4.79 Å². The van der Waals surface area contributed by atoms with Crippen molar-refractivity contribution in [1.29, 1.82) is 0 Å². The molecule has 3 nitrogen and oxygen atoms in total. The average Bonchev–Trinajstić information content (AvgIpc) is 2.58. The fourth-order valence-electron chi connectivity index (χ4n) is 2.59. The lowest BCUT2D eigenvalue weighted by Crippen LogP contribution is -2.09. The van der Waals surface area contributed by atoms with Gasteiger partial charge in [0.25, 0.3) is 0 Å². The molecule has 126 valence electrons. The molecule has 0 saturated heterocycles. The first kappa shape index (κ1) is 17.5. The van der Waals surface area contributed by atoms with Gasteiger partial charge in [-0.1, -0.05) is 41.4 Å². The van der Waals surface area contributed by atoms with Gasteiger partial charge in [-0.05, 0) is 55.3 Å². The molecule has 0 aliphatic carbocycles. The zero-order valence-corrected chi connectivity index (χ0v) is 15.3. The summed E-state index contributed by atoms with van der Waals surface area (Å²) in [6.45, 7) is 3.80. The van der Waals surface area contributed by atoms with Crippen molar-refractivity contribution in [3.63, 3.8) is 0 Å². The number of benzene rings is 2. The molecule has 5 heteroatoms. The van der Waals surface area contributed by atoms with E-state index in [0.717, 1.165) is 27.7 Å². The van der Waals surface area contributed by atoms with Crippen molar-refractivity contribution in [2.75, 3.05) is 5.32 Å². The van der Waals surface area contributed by atoms with Gasteiger partial charge in [0.2, 0.25) is 5.91 Å². The second kappa shape index (κ2) is 7.26. The molecule has 0 aliphatic rings. The number of nitrogens with one attached hydrogen (secondary N) is 1. The molecular weight excluding hydrogens is 355 g/mol. The first-order valence-electron chi connectivity index (χ1n) is 7.76. The summed E-state index contributed by atoms with van der Waals surface area (Å²) >= 11 is 12.3. The predicted octanol–water partition coefficient (Wildman–Crippen LogP) is 5.81. The van der Waals surface area contributed by atoms with E-state index >= 15 is 0 Å². The Balaban J connectivity index is 1.91. The molecule has 0 atom stereocenters. The van der Waals surface area contributed by atoms with Gasteiger partial charge >= 0.3 is 0 Å². The number of rotatable bonds is 3. The number of hydrogen-bond donors (Lipinski definition) is 1. The van der Waals surface area contributed by atoms with Crippen molar-refractivity contribution in [2.45, 2.75) is 13.8 Å². The first-order valence-corrected chi connectivity index (χ1v) is 8.51. The fourth-order valence-corrected chi connectivity index (χ4v) is 2.94. The minimum absolute atomic E-state index is 0.237. The molecular formula is C20H16Cl2N2O. The van der Waals surface area contributed by atoms with Crippen LogP contribution in [0.3, 0.4) is 0 Å². The summed E-state index contributed by atoms with van der Waals surface area (Å²) in [5.74, 6) is -0.237. The number of aromatic nitrogens is 1. The molecule has 0 saturated carbocycles. The van der Waals surface area contributed by atoms with Crippen molar-refractivity contribution in [2.24, 2.45) is 0 Å². The Morgan fingerprint density at radius 1 is 1.08 bits per heavy atom. The average molecular weight is 371 g/mol. The quantitative estimate of drug-likeness (QED) is 0.591. The van der Waals surface area contributed by atoms with E-state index in [1.54, 1.807) is 12.1 Å². The molecule has 3 rings (SSSR count). The van der Waals surface area contributed by atoms with E-state index in [-0.39, 0.29) is 5.91 Å². The zero-order valence-electron chi connectivity index (χ0n) is 13.8. The highest BCUT2D eigenvalue weighted by Gasteiger charge is 2.10. The summed E-state index contributed by atoms with van der Waals surface area (Å²) in [5.41, 5.74) is 3.99. The van der Waals surface area contributed by atoms with E-state index in [0.29, 0.717) is 15.7 Å². The number of aryl methyl sites for hydroxylation is 2. The van der Waals surface area contributed by atoms with Gasteiger partial charge in [-0.15, -0.1) is 0 Å². The summed E-state index contributed by atoms with van der Waals surface area (Å²) in [6.07, 6.45) is 3.15. The minimum atomic E-state index is -0.237. The number of fused-ring (bicyclic) bond motifs is 1.